The molecule has 0 spiro atoms. The summed E-state index contributed by atoms with van der Waals surface area (Å²) in [4.78, 5) is 0. The quantitative estimate of drug-likeness (QED) is 0.743. The minimum Gasteiger partial charge on any atom is -0.454 e. The summed E-state index contributed by atoms with van der Waals surface area (Å²) in [6.45, 7) is 0. The number of halogens is 2. The Morgan fingerprint density at radius 1 is 1.00 bits per heavy atom. The molecule has 75 valence electrons. The van der Waals surface area contributed by atoms with Crippen LogP contribution in [0.3, 0.4) is 0 Å². The van der Waals surface area contributed by atoms with Gasteiger partial charge in [0.15, 0.2) is 5.75 Å². The Labute approximate surface area is 98.2 Å². The summed E-state index contributed by atoms with van der Waals surface area (Å²) in [5, 5.41) is 0.856. The van der Waals surface area contributed by atoms with Crippen molar-refractivity contribution in [2.75, 3.05) is 0 Å². The standard InChI is InChI=1S/C12H7Cl2O/c13-10-7-4-8-11(14)12(10)15-9-5-2-1-3-6-9/h1-7H. The summed E-state index contributed by atoms with van der Waals surface area (Å²) in [7, 11) is 0. The largest absolute Gasteiger partial charge is 0.454 e. The third-order valence-corrected chi connectivity index (χ3v) is 2.40. The van der Waals surface area contributed by atoms with Gasteiger partial charge >= 0.3 is 0 Å². The highest BCUT2D eigenvalue weighted by Crippen LogP contribution is 2.35. The lowest BCUT2D eigenvalue weighted by Gasteiger charge is -2.08. The Bertz CT molecular complexity index is 434. The third-order valence-electron chi connectivity index (χ3n) is 1.82. The van der Waals surface area contributed by atoms with Crippen molar-refractivity contribution < 1.29 is 4.74 Å². The zero-order valence-corrected chi connectivity index (χ0v) is 9.22. The van der Waals surface area contributed by atoms with Crippen LogP contribution >= 0.6 is 23.2 Å². The van der Waals surface area contributed by atoms with Crippen LogP contribution in [0.2, 0.25) is 10.0 Å². The number of hydrogen-bond acceptors (Lipinski definition) is 1. The minimum absolute atomic E-state index is 0.381. The summed E-state index contributed by atoms with van der Waals surface area (Å²) in [6, 6.07) is 15.5. The molecule has 2 rings (SSSR count). The maximum absolute atomic E-state index is 5.95. The minimum atomic E-state index is 0.381. The van der Waals surface area contributed by atoms with E-state index in [9.17, 15) is 0 Å². The van der Waals surface area contributed by atoms with Gasteiger partial charge in [0.2, 0.25) is 0 Å². The number of ether oxygens (including phenoxy) is 1. The second-order valence-electron chi connectivity index (χ2n) is 2.88. The number of para-hydroxylation sites is 1. The molecule has 2 aromatic carbocycles. The molecule has 0 amide bonds. The molecule has 2 aromatic rings. The maximum Gasteiger partial charge on any atom is 0.165 e. The van der Waals surface area contributed by atoms with Crippen molar-refractivity contribution in [2.24, 2.45) is 0 Å². The fraction of sp³-hybridized carbons (Fsp3) is 0. The van der Waals surface area contributed by atoms with Crippen LogP contribution in [0, 0.1) is 6.07 Å². The molecular formula is C12H7Cl2O. The zero-order chi connectivity index (χ0) is 10.7. The third kappa shape index (κ3) is 2.44. The fourth-order valence-corrected chi connectivity index (χ4v) is 1.58. The van der Waals surface area contributed by atoms with Gasteiger partial charge in [0.05, 0.1) is 10.0 Å². The van der Waals surface area contributed by atoms with E-state index in [2.05, 4.69) is 6.07 Å². The average molecular weight is 238 g/mol. The van der Waals surface area contributed by atoms with E-state index in [0.29, 0.717) is 21.5 Å². The van der Waals surface area contributed by atoms with E-state index in [1.165, 1.54) is 0 Å². The van der Waals surface area contributed by atoms with E-state index in [-0.39, 0.29) is 0 Å². The number of rotatable bonds is 2. The molecule has 0 heterocycles. The molecule has 0 bridgehead atoms. The van der Waals surface area contributed by atoms with Crippen molar-refractivity contribution in [3.63, 3.8) is 0 Å². The highest BCUT2D eigenvalue weighted by molar-refractivity contribution is 6.37. The number of hydrogen-bond donors (Lipinski definition) is 0. The lowest BCUT2D eigenvalue weighted by Crippen LogP contribution is -1.85. The molecule has 0 saturated carbocycles. The lowest BCUT2D eigenvalue weighted by atomic mass is 10.3. The van der Waals surface area contributed by atoms with Gasteiger partial charge in [-0.3, -0.25) is 0 Å². The molecule has 0 aromatic heterocycles. The first-order valence-corrected chi connectivity index (χ1v) is 5.11. The molecule has 1 nitrogen and oxygen atoms in total. The zero-order valence-electron chi connectivity index (χ0n) is 7.71. The van der Waals surface area contributed by atoms with E-state index in [4.69, 9.17) is 27.9 Å². The summed E-state index contributed by atoms with van der Waals surface area (Å²) < 4.78 is 5.54. The molecule has 0 aliphatic heterocycles. The summed E-state index contributed by atoms with van der Waals surface area (Å²) >= 11 is 11.9. The van der Waals surface area contributed by atoms with Crippen LogP contribution in [0.4, 0.5) is 0 Å². The Morgan fingerprint density at radius 2 is 1.73 bits per heavy atom. The molecule has 0 atom stereocenters. The van der Waals surface area contributed by atoms with Crippen molar-refractivity contribution in [3.8, 4) is 11.5 Å². The van der Waals surface area contributed by atoms with Gasteiger partial charge in [-0.25, -0.2) is 0 Å². The fourth-order valence-electron chi connectivity index (χ4n) is 1.13. The molecule has 15 heavy (non-hydrogen) atoms. The average Bonchev–Trinajstić information content (AvgIpc) is 2.25. The van der Waals surface area contributed by atoms with Crippen LogP contribution in [-0.2, 0) is 0 Å². The summed E-state index contributed by atoms with van der Waals surface area (Å²) in [5.41, 5.74) is 0. The Hall–Kier alpha value is -1.18. The predicted octanol–water partition coefficient (Wildman–Crippen LogP) is 4.59. The highest BCUT2D eigenvalue weighted by atomic mass is 35.5. The summed E-state index contributed by atoms with van der Waals surface area (Å²) in [6.07, 6.45) is 0. The molecular weight excluding hydrogens is 231 g/mol. The monoisotopic (exact) mass is 237 g/mol. The lowest BCUT2D eigenvalue weighted by molar-refractivity contribution is 0.483. The van der Waals surface area contributed by atoms with E-state index >= 15 is 0 Å². The second-order valence-corrected chi connectivity index (χ2v) is 3.67. The predicted molar refractivity (Wildman–Crippen MR) is 61.8 cm³/mol. The Kier molecular flexibility index (Phi) is 3.14. The maximum atomic E-state index is 5.95. The molecule has 0 N–H and O–H groups in total. The van der Waals surface area contributed by atoms with Gasteiger partial charge in [0.25, 0.3) is 0 Å². The van der Waals surface area contributed by atoms with E-state index < -0.39 is 0 Å². The van der Waals surface area contributed by atoms with Gasteiger partial charge in [-0.2, -0.15) is 0 Å². The normalized spacial score (nSPS) is 10.0. The summed E-state index contributed by atoms with van der Waals surface area (Å²) in [5.74, 6) is 1.13. The molecule has 0 saturated heterocycles. The molecule has 0 unspecified atom stereocenters. The van der Waals surface area contributed by atoms with Gasteiger partial charge in [-0.15, -0.1) is 0 Å². The number of benzene rings is 2. The van der Waals surface area contributed by atoms with Crippen LogP contribution in [0.5, 0.6) is 11.5 Å². The first-order valence-electron chi connectivity index (χ1n) is 4.36. The van der Waals surface area contributed by atoms with Crippen molar-refractivity contribution >= 4 is 23.2 Å². The molecule has 0 aliphatic carbocycles. The SMILES string of the molecule is Clc1[c]ccc(Cl)c1Oc1ccccc1. The highest BCUT2D eigenvalue weighted by Gasteiger charge is 2.07. The van der Waals surface area contributed by atoms with Gasteiger partial charge in [-0.1, -0.05) is 47.5 Å². The molecule has 1 radical (unpaired) electrons. The van der Waals surface area contributed by atoms with Crippen LogP contribution in [0.25, 0.3) is 0 Å². The van der Waals surface area contributed by atoms with Gasteiger partial charge in [0.1, 0.15) is 5.75 Å². The Balaban J connectivity index is 2.32. The van der Waals surface area contributed by atoms with E-state index in [1.807, 2.05) is 30.3 Å². The van der Waals surface area contributed by atoms with Gasteiger partial charge in [-0.05, 0) is 18.2 Å². The van der Waals surface area contributed by atoms with Crippen molar-refractivity contribution in [1.29, 1.82) is 0 Å². The van der Waals surface area contributed by atoms with E-state index in [1.54, 1.807) is 12.1 Å². The first kappa shape index (κ1) is 10.3. The first-order chi connectivity index (χ1) is 7.27. The van der Waals surface area contributed by atoms with Crippen LogP contribution in [0.15, 0.2) is 42.5 Å². The van der Waals surface area contributed by atoms with Crippen LogP contribution in [-0.4, -0.2) is 0 Å². The topological polar surface area (TPSA) is 9.23 Å². The van der Waals surface area contributed by atoms with Gasteiger partial charge in [0, 0.05) is 6.07 Å². The van der Waals surface area contributed by atoms with E-state index in [0.717, 1.165) is 0 Å². The van der Waals surface area contributed by atoms with Crippen molar-refractivity contribution in [1.82, 2.24) is 0 Å². The smallest absolute Gasteiger partial charge is 0.165 e. The van der Waals surface area contributed by atoms with Crippen LogP contribution < -0.4 is 4.74 Å². The Morgan fingerprint density at radius 3 is 2.40 bits per heavy atom. The van der Waals surface area contributed by atoms with Crippen molar-refractivity contribution in [3.05, 3.63) is 58.6 Å². The molecule has 3 heteroatoms. The molecule has 0 aliphatic rings. The van der Waals surface area contributed by atoms with Crippen LogP contribution in [0.1, 0.15) is 0 Å². The second kappa shape index (κ2) is 4.56. The molecule has 0 fully saturated rings. The van der Waals surface area contributed by atoms with Gasteiger partial charge < -0.3 is 4.74 Å². The van der Waals surface area contributed by atoms with Crippen molar-refractivity contribution in [2.45, 2.75) is 0 Å².